The fourth-order valence-electron chi connectivity index (χ4n) is 2.38. The van der Waals surface area contributed by atoms with Gasteiger partial charge in [0.25, 0.3) is 0 Å². The van der Waals surface area contributed by atoms with Gasteiger partial charge in [-0.05, 0) is 43.5 Å². The molecule has 0 aliphatic carbocycles. The van der Waals surface area contributed by atoms with E-state index in [1.54, 1.807) is 7.11 Å². The average molecular weight is 255 g/mol. The predicted octanol–water partition coefficient (Wildman–Crippen LogP) is 3.67. The monoisotopic (exact) mass is 255 g/mol. The second-order valence-electron chi connectivity index (χ2n) is 5.01. The minimum absolute atomic E-state index is 0.158. The fraction of sp³-hybridized carbons (Fsp3) is 0.294. The third kappa shape index (κ3) is 2.64. The van der Waals surface area contributed by atoms with Crippen molar-refractivity contribution in [2.24, 2.45) is 5.73 Å². The Labute approximate surface area is 115 Å². The average Bonchev–Trinajstić information content (AvgIpc) is 2.41. The van der Waals surface area contributed by atoms with Crippen molar-refractivity contribution >= 4 is 0 Å². The summed E-state index contributed by atoms with van der Waals surface area (Å²) in [5.74, 6) is 0.846. The highest BCUT2D eigenvalue weighted by molar-refractivity contribution is 5.46. The second kappa shape index (κ2) is 5.45. The van der Waals surface area contributed by atoms with Gasteiger partial charge in [-0.15, -0.1) is 0 Å². The van der Waals surface area contributed by atoms with Crippen LogP contribution in [-0.2, 0) is 0 Å². The Morgan fingerprint density at radius 3 is 2.42 bits per heavy atom. The zero-order chi connectivity index (χ0) is 14.0. The van der Waals surface area contributed by atoms with E-state index in [-0.39, 0.29) is 6.04 Å². The molecule has 0 radical (unpaired) electrons. The van der Waals surface area contributed by atoms with Crippen LogP contribution >= 0.6 is 0 Å². The highest BCUT2D eigenvalue weighted by atomic mass is 16.5. The summed E-state index contributed by atoms with van der Waals surface area (Å²) in [5.41, 5.74) is 12.3. The highest BCUT2D eigenvalue weighted by Gasteiger charge is 2.16. The van der Waals surface area contributed by atoms with Crippen molar-refractivity contribution in [1.29, 1.82) is 0 Å². The molecule has 2 aromatic rings. The summed E-state index contributed by atoms with van der Waals surface area (Å²) >= 11 is 0. The molecule has 0 bridgehead atoms. The maximum Gasteiger partial charge on any atom is 0.123 e. The van der Waals surface area contributed by atoms with Crippen LogP contribution in [-0.4, -0.2) is 7.11 Å². The van der Waals surface area contributed by atoms with Gasteiger partial charge in [0.15, 0.2) is 0 Å². The molecule has 0 saturated heterocycles. The fourth-order valence-corrected chi connectivity index (χ4v) is 2.38. The van der Waals surface area contributed by atoms with E-state index in [1.165, 1.54) is 16.7 Å². The number of aryl methyl sites for hydroxylation is 2. The molecule has 0 aliphatic heterocycles. The Hall–Kier alpha value is -1.80. The van der Waals surface area contributed by atoms with Gasteiger partial charge < -0.3 is 10.5 Å². The first kappa shape index (κ1) is 13.6. The lowest BCUT2D eigenvalue weighted by atomic mass is 9.92. The van der Waals surface area contributed by atoms with Crippen molar-refractivity contribution in [2.75, 3.05) is 7.11 Å². The molecule has 19 heavy (non-hydrogen) atoms. The zero-order valence-electron chi connectivity index (χ0n) is 12.0. The van der Waals surface area contributed by atoms with E-state index in [9.17, 15) is 0 Å². The lowest BCUT2D eigenvalue weighted by Gasteiger charge is -2.19. The van der Waals surface area contributed by atoms with Gasteiger partial charge in [-0.1, -0.05) is 35.9 Å². The number of rotatable bonds is 3. The summed E-state index contributed by atoms with van der Waals surface area (Å²) in [6.45, 7) is 6.30. The molecule has 2 N–H and O–H groups in total. The molecule has 0 amide bonds. The first-order chi connectivity index (χ1) is 9.04. The van der Waals surface area contributed by atoms with E-state index in [4.69, 9.17) is 10.5 Å². The van der Waals surface area contributed by atoms with E-state index in [1.807, 2.05) is 12.1 Å². The maximum atomic E-state index is 6.45. The van der Waals surface area contributed by atoms with Crippen molar-refractivity contribution < 1.29 is 4.74 Å². The summed E-state index contributed by atoms with van der Waals surface area (Å²) in [5, 5.41) is 0. The summed E-state index contributed by atoms with van der Waals surface area (Å²) < 4.78 is 5.43. The first-order valence-electron chi connectivity index (χ1n) is 6.51. The van der Waals surface area contributed by atoms with Crippen LogP contribution in [0.4, 0.5) is 0 Å². The predicted molar refractivity (Wildman–Crippen MR) is 79.7 cm³/mol. The Balaban J connectivity index is 2.52. The second-order valence-corrected chi connectivity index (χ2v) is 5.01. The molecule has 0 aromatic heterocycles. The van der Waals surface area contributed by atoms with Crippen LogP contribution in [0.25, 0.3) is 0 Å². The summed E-state index contributed by atoms with van der Waals surface area (Å²) in [6, 6.07) is 12.2. The van der Waals surface area contributed by atoms with E-state index in [2.05, 4.69) is 45.0 Å². The van der Waals surface area contributed by atoms with Crippen molar-refractivity contribution in [3.8, 4) is 5.75 Å². The van der Waals surface area contributed by atoms with Gasteiger partial charge in [0.1, 0.15) is 5.75 Å². The molecule has 0 fully saturated rings. The molecule has 2 rings (SSSR count). The van der Waals surface area contributed by atoms with Crippen molar-refractivity contribution in [3.63, 3.8) is 0 Å². The van der Waals surface area contributed by atoms with Gasteiger partial charge in [-0.2, -0.15) is 0 Å². The maximum absolute atomic E-state index is 6.45. The molecule has 2 aromatic carbocycles. The lowest BCUT2D eigenvalue weighted by molar-refractivity contribution is 0.407. The number of nitrogens with two attached hydrogens (primary N) is 1. The normalized spacial score (nSPS) is 12.3. The Morgan fingerprint density at radius 2 is 1.74 bits per heavy atom. The van der Waals surface area contributed by atoms with Crippen LogP contribution in [0.2, 0.25) is 0 Å². The molecule has 2 nitrogen and oxygen atoms in total. The Morgan fingerprint density at radius 1 is 1.00 bits per heavy atom. The Bertz CT molecular complexity index is 590. The standard InChI is InChI=1S/C17H21NO/c1-11-8-9-16(19-4)15(10-11)17(18)14-7-5-6-12(2)13(14)3/h5-10,17H,18H2,1-4H3. The molecule has 1 unspecified atom stereocenters. The van der Waals surface area contributed by atoms with Gasteiger partial charge in [0.05, 0.1) is 13.2 Å². The van der Waals surface area contributed by atoms with E-state index in [0.717, 1.165) is 16.9 Å². The van der Waals surface area contributed by atoms with Gasteiger partial charge in [-0.3, -0.25) is 0 Å². The molecule has 0 aliphatic rings. The molecule has 1 atom stereocenters. The van der Waals surface area contributed by atoms with Crippen molar-refractivity contribution in [3.05, 3.63) is 64.2 Å². The van der Waals surface area contributed by atoms with Gasteiger partial charge in [-0.25, -0.2) is 0 Å². The van der Waals surface area contributed by atoms with E-state index in [0.29, 0.717) is 0 Å². The molecule has 2 heteroatoms. The van der Waals surface area contributed by atoms with Gasteiger partial charge in [0.2, 0.25) is 0 Å². The molecule has 100 valence electrons. The van der Waals surface area contributed by atoms with Crippen LogP contribution in [0.1, 0.15) is 33.9 Å². The summed E-state index contributed by atoms with van der Waals surface area (Å²) in [6.07, 6.45) is 0. The first-order valence-corrected chi connectivity index (χ1v) is 6.51. The quantitative estimate of drug-likeness (QED) is 0.908. The summed E-state index contributed by atoms with van der Waals surface area (Å²) in [4.78, 5) is 0. The molecule has 0 saturated carbocycles. The molecular weight excluding hydrogens is 234 g/mol. The van der Waals surface area contributed by atoms with Crippen LogP contribution in [0.3, 0.4) is 0 Å². The summed E-state index contributed by atoms with van der Waals surface area (Å²) in [7, 11) is 1.68. The minimum Gasteiger partial charge on any atom is -0.496 e. The lowest BCUT2D eigenvalue weighted by Crippen LogP contribution is -2.15. The SMILES string of the molecule is COc1ccc(C)cc1C(N)c1cccc(C)c1C. The highest BCUT2D eigenvalue weighted by Crippen LogP contribution is 2.31. The number of hydrogen-bond acceptors (Lipinski definition) is 2. The minimum atomic E-state index is -0.158. The van der Waals surface area contributed by atoms with E-state index >= 15 is 0 Å². The zero-order valence-corrected chi connectivity index (χ0v) is 12.0. The molecular formula is C17H21NO. The van der Waals surface area contributed by atoms with Crippen LogP contribution < -0.4 is 10.5 Å². The topological polar surface area (TPSA) is 35.2 Å². The van der Waals surface area contributed by atoms with E-state index < -0.39 is 0 Å². The third-order valence-electron chi connectivity index (χ3n) is 3.70. The van der Waals surface area contributed by atoms with Gasteiger partial charge >= 0.3 is 0 Å². The van der Waals surface area contributed by atoms with Crippen LogP contribution in [0.5, 0.6) is 5.75 Å². The largest absolute Gasteiger partial charge is 0.496 e. The smallest absolute Gasteiger partial charge is 0.123 e. The number of ether oxygens (including phenoxy) is 1. The number of hydrogen-bond donors (Lipinski definition) is 1. The molecule has 0 heterocycles. The van der Waals surface area contributed by atoms with Crippen molar-refractivity contribution in [2.45, 2.75) is 26.8 Å². The number of benzene rings is 2. The van der Waals surface area contributed by atoms with Gasteiger partial charge in [0, 0.05) is 5.56 Å². The van der Waals surface area contributed by atoms with Crippen molar-refractivity contribution in [1.82, 2.24) is 0 Å². The molecule has 0 spiro atoms. The third-order valence-corrected chi connectivity index (χ3v) is 3.70. The van der Waals surface area contributed by atoms with Crippen LogP contribution in [0.15, 0.2) is 36.4 Å². The Kier molecular flexibility index (Phi) is 3.91. The van der Waals surface area contributed by atoms with Crippen LogP contribution in [0, 0.1) is 20.8 Å². The number of methoxy groups -OCH3 is 1.